The molecular weight excluding hydrogens is 236 g/mol. The average Bonchev–Trinajstić information content (AvgIpc) is 2.35. The van der Waals surface area contributed by atoms with Crippen molar-refractivity contribution in [3.05, 3.63) is 28.3 Å². The monoisotopic (exact) mass is 254 g/mol. The Morgan fingerprint density at radius 3 is 2.61 bits per heavy atom. The molecule has 0 heterocycles. The molecule has 0 aromatic heterocycles. The van der Waals surface area contributed by atoms with Crippen molar-refractivity contribution in [1.29, 1.82) is 0 Å². The van der Waals surface area contributed by atoms with Crippen molar-refractivity contribution in [2.75, 3.05) is 31.2 Å². The predicted molar refractivity (Wildman–Crippen MR) is 69.2 cm³/mol. The van der Waals surface area contributed by atoms with E-state index >= 15 is 0 Å². The Kier molecular flexibility index (Phi) is 5.38. The Bertz CT molecular complexity index is 409. The minimum Gasteiger partial charge on any atom is -0.494 e. The van der Waals surface area contributed by atoms with E-state index in [4.69, 9.17) is 9.84 Å². The third-order valence-corrected chi connectivity index (χ3v) is 2.51. The number of hydrogen-bond acceptors (Lipinski definition) is 5. The molecule has 1 N–H and O–H groups in total. The van der Waals surface area contributed by atoms with Crippen LogP contribution in [0.5, 0.6) is 5.75 Å². The lowest BCUT2D eigenvalue weighted by Gasteiger charge is -2.22. The number of benzene rings is 1. The summed E-state index contributed by atoms with van der Waals surface area (Å²) in [6.07, 6.45) is 0. The van der Waals surface area contributed by atoms with E-state index in [9.17, 15) is 10.1 Å². The summed E-state index contributed by atoms with van der Waals surface area (Å²) >= 11 is 0. The van der Waals surface area contributed by atoms with E-state index in [0.717, 1.165) is 0 Å². The smallest absolute Gasteiger partial charge is 0.275 e. The third kappa shape index (κ3) is 3.59. The molecule has 0 amide bonds. The molecule has 1 rings (SSSR count). The van der Waals surface area contributed by atoms with Gasteiger partial charge in [0.05, 0.1) is 24.2 Å². The fourth-order valence-electron chi connectivity index (χ4n) is 1.70. The maximum absolute atomic E-state index is 10.9. The molecule has 1 aromatic carbocycles. The number of non-ortho nitro benzene ring substituents is 1. The van der Waals surface area contributed by atoms with Crippen LogP contribution in [0.1, 0.15) is 13.8 Å². The van der Waals surface area contributed by atoms with Gasteiger partial charge in [-0.2, -0.15) is 0 Å². The Morgan fingerprint density at radius 2 is 2.11 bits per heavy atom. The second-order valence-corrected chi connectivity index (χ2v) is 3.68. The number of likely N-dealkylation sites (N-methyl/N-ethyl adjacent to an activating group) is 1. The molecule has 0 aliphatic rings. The van der Waals surface area contributed by atoms with Crippen LogP contribution in [0.15, 0.2) is 18.2 Å². The van der Waals surface area contributed by atoms with Gasteiger partial charge in [-0.15, -0.1) is 0 Å². The van der Waals surface area contributed by atoms with Crippen LogP contribution < -0.4 is 9.64 Å². The van der Waals surface area contributed by atoms with Crippen molar-refractivity contribution in [3.63, 3.8) is 0 Å². The molecule has 0 radical (unpaired) electrons. The molecule has 0 saturated heterocycles. The highest BCUT2D eigenvalue weighted by Gasteiger charge is 2.13. The second kappa shape index (κ2) is 6.80. The van der Waals surface area contributed by atoms with Gasteiger partial charge >= 0.3 is 0 Å². The third-order valence-electron chi connectivity index (χ3n) is 2.51. The van der Waals surface area contributed by atoms with Crippen molar-refractivity contribution in [1.82, 2.24) is 0 Å². The molecule has 0 unspecified atom stereocenters. The highest BCUT2D eigenvalue weighted by atomic mass is 16.6. The van der Waals surface area contributed by atoms with E-state index in [0.29, 0.717) is 31.1 Å². The van der Waals surface area contributed by atoms with Gasteiger partial charge in [-0.1, -0.05) is 0 Å². The normalized spacial score (nSPS) is 10.2. The van der Waals surface area contributed by atoms with Crippen molar-refractivity contribution in [3.8, 4) is 5.75 Å². The highest BCUT2D eigenvalue weighted by molar-refractivity contribution is 5.58. The Morgan fingerprint density at radius 1 is 1.39 bits per heavy atom. The molecule has 0 spiro atoms. The van der Waals surface area contributed by atoms with Crippen molar-refractivity contribution in [2.45, 2.75) is 13.8 Å². The molecular formula is C12H18N2O4. The fourth-order valence-corrected chi connectivity index (χ4v) is 1.70. The highest BCUT2D eigenvalue weighted by Crippen LogP contribution is 2.28. The van der Waals surface area contributed by atoms with Gasteiger partial charge in [0.1, 0.15) is 5.75 Å². The van der Waals surface area contributed by atoms with Gasteiger partial charge in [0, 0.05) is 30.9 Å². The zero-order chi connectivity index (χ0) is 13.5. The lowest BCUT2D eigenvalue weighted by atomic mass is 10.2. The van der Waals surface area contributed by atoms with Crippen LogP contribution in [-0.4, -0.2) is 36.3 Å². The molecule has 0 aliphatic heterocycles. The van der Waals surface area contributed by atoms with Gasteiger partial charge in [0.25, 0.3) is 5.69 Å². The molecule has 6 nitrogen and oxygen atoms in total. The average molecular weight is 254 g/mol. The van der Waals surface area contributed by atoms with E-state index in [1.807, 2.05) is 18.7 Å². The van der Waals surface area contributed by atoms with Crippen LogP contribution in [0.25, 0.3) is 0 Å². The van der Waals surface area contributed by atoms with Crippen LogP contribution >= 0.6 is 0 Å². The topological polar surface area (TPSA) is 75.8 Å². The van der Waals surface area contributed by atoms with Gasteiger partial charge < -0.3 is 14.7 Å². The number of aliphatic hydroxyl groups excluding tert-OH is 1. The molecule has 6 heteroatoms. The lowest BCUT2D eigenvalue weighted by Crippen LogP contribution is -2.26. The number of hydrogen-bond donors (Lipinski definition) is 1. The number of nitrogens with zero attached hydrogens (tertiary/aromatic N) is 2. The minimum atomic E-state index is -0.446. The lowest BCUT2D eigenvalue weighted by molar-refractivity contribution is -0.384. The standard InChI is InChI=1S/C12H18N2O4/c1-3-13(5-6-15)10-7-11(14(16)17)9-12(8-10)18-4-2/h7-9,15H,3-6H2,1-2H3. The van der Waals surface area contributed by atoms with Crippen molar-refractivity contribution in [2.24, 2.45) is 0 Å². The largest absolute Gasteiger partial charge is 0.494 e. The van der Waals surface area contributed by atoms with Crippen molar-refractivity contribution < 1.29 is 14.8 Å². The maximum Gasteiger partial charge on any atom is 0.275 e. The van der Waals surface area contributed by atoms with Crippen LogP contribution in [0, 0.1) is 10.1 Å². The van der Waals surface area contributed by atoms with Gasteiger partial charge in [-0.25, -0.2) is 0 Å². The minimum absolute atomic E-state index is 0.000496. The van der Waals surface area contributed by atoms with E-state index in [-0.39, 0.29) is 12.3 Å². The number of aliphatic hydroxyl groups is 1. The molecule has 1 aromatic rings. The number of anilines is 1. The summed E-state index contributed by atoms with van der Waals surface area (Å²) < 4.78 is 5.32. The Balaban J connectivity index is 3.12. The van der Waals surface area contributed by atoms with Gasteiger partial charge in [0.15, 0.2) is 0 Å². The van der Waals surface area contributed by atoms with Crippen LogP contribution in [0.4, 0.5) is 11.4 Å². The quantitative estimate of drug-likeness (QED) is 0.593. The predicted octanol–water partition coefficient (Wildman–Crippen LogP) is 1.81. The van der Waals surface area contributed by atoms with Crippen LogP contribution in [0.2, 0.25) is 0 Å². The zero-order valence-electron chi connectivity index (χ0n) is 10.6. The van der Waals surface area contributed by atoms with Gasteiger partial charge in [-0.05, 0) is 13.8 Å². The number of ether oxygens (including phenoxy) is 1. The van der Waals surface area contributed by atoms with E-state index in [1.165, 1.54) is 12.1 Å². The summed E-state index contributed by atoms with van der Waals surface area (Å²) in [5.41, 5.74) is 0.677. The summed E-state index contributed by atoms with van der Waals surface area (Å²) in [6.45, 7) is 5.29. The molecule has 0 fully saturated rings. The van der Waals surface area contributed by atoms with E-state index in [1.54, 1.807) is 6.07 Å². The molecule has 0 aliphatic carbocycles. The first-order chi connectivity index (χ1) is 8.62. The molecule has 18 heavy (non-hydrogen) atoms. The summed E-state index contributed by atoms with van der Waals surface area (Å²) in [5.74, 6) is 0.470. The van der Waals surface area contributed by atoms with Gasteiger partial charge in [0.2, 0.25) is 0 Å². The van der Waals surface area contributed by atoms with E-state index in [2.05, 4.69) is 0 Å². The van der Waals surface area contributed by atoms with Crippen LogP contribution in [0.3, 0.4) is 0 Å². The number of nitro benzene ring substituents is 1. The summed E-state index contributed by atoms with van der Waals surface area (Å²) in [7, 11) is 0. The summed E-state index contributed by atoms with van der Waals surface area (Å²) in [6, 6.07) is 4.64. The fraction of sp³-hybridized carbons (Fsp3) is 0.500. The molecule has 0 bridgehead atoms. The van der Waals surface area contributed by atoms with E-state index < -0.39 is 4.92 Å². The first-order valence-corrected chi connectivity index (χ1v) is 5.90. The Hall–Kier alpha value is -1.82. The number of nitro groups is 1. The van der Waals surface area contributed by atoms with Crippen molar-refractivity contribution >= 4 is 11.4 Å². The summed E-state index contributed by atoms with van der Waals surface area (Å²) in [4.78, 5) is 12.3. The van der Waals surface area contributed by atoms with Crippen LogP contribution in [-0.2, 0) is 0 Å². The zero-order valence-corrected chi connectivity index (χ0v) is 10.6. The summed E-state index contributed by atoms with van der Waals surface area (Å²) in [5, 5.41) is 19.8. The second-order valence-electron chi connectivity index (χ2n) is 3.68. The first-order valence-electron chi connectivity index (χ1n) is 5.90. The molecule has 0 atom stereocenters. The SMILES string of the molecule is CCOc1cc(N(CC)CCO)cc([N+](=O)[O-])c1. The first kappa shape index (κ1) is 14.2. The Labute approximate surface area is 106 Å². The maximum atomic E-state index is 10.9. The molecule has 0 saturated carbocycles. The molecule has 100 valence electrons. The number of rotatable bonds is 7. The van der Waals surface area contributed by atoms with Gasteiger partial charge in [-0.3, -0.25) is 10.1 Å².